The van der Waals surface area contributed by atoms with Gasteiger partial charge >= 0.3 is 0 Å². The average molecular weight is 323 g/mol. The molecule has 3 aromatic rings. The molecule has 23 heavy (non-hydrogen) atoms. The van der Waals surface area contributed by atoms with Crippen molar-refractivity contribution in [3.8, 4) is 0 Å². The molecule has 2 aromatic heterocycles. The summed E-state index contributed by atoms with van der Waals surface area (Å²) in [6.45, 7) is 2.02. The third-order valence-corrected chi connectivity index (χ3v) is 4.79. The zero-order valence-electron chi connectivity index (χ0n) is 13.0. The Kier molecular flexibility index (Phi) is 4.48. The first-order chi connectivity index (χ1) is 11.1. The van der Waals surface area contributed by atoms with Crippen LogP contribution < -0.4 is 0 Å². The van der Waals surface area contributed by atoms with Crippen molar-refractivity contribution in [3.05, 3.63) is 64.6 Å². The Morgan fingerprint density at radius 3 is 2.74 bits per heavy atom. The number of benzene rings is 1. The van der Waals surface area contributed by atoms with Crippen LogP contribution in [0, 0.1) is 0 Å². The smallest absolute Gasteiger partial charge is 0.246 e. The Bertz CT molecular complexity index is 842. The molecule has 2 heterocycles. The third-order valence-electron chi connectivity index (χ3n) is 3.75. The van der Waals surface area contributed by atoms with Crippen LogP contribution >= 0.6 is 11.3 Å². The predicted molar refractivity (Wildman–Crippen MR) is 94.1 cm³/mol. The van der Waals surface area contributed by atoms with Gasteiger partial charge in [0.25, 0.3) is 0 Å². The van der Waals surface area contributed by atoms with E-state index in [0.29, 0.717) is 5.69 Å². The second-order valence-corrected chi connectivity index (χ2v) is 6.24. The quantitative estimate of drug-likeness (QED) is 0.684. The topological polar surface area (TPSA) is 46.1 Å². The van der Waals surface area contributed by atoms with Crippen LogP contribution in [0.5, 0.6) is 0 Å². The Morgan fingerprint density at radius 1 is 1.22 bits per heavy atom. The number of para-hydroxylation sites is 2. The molecule has 0 aliphatic carbocycles. The summed E-state index contributed by atoms with van der Waals surface area (Å²) in [5, 5.41) is 2.02. The zero-order valence-corrected chi connectivity index (χ0v) is 13.8. The van der Waals surface area contributed by atoms with Crippen molar-refractivity contribution < 1.29 is 4.79 Å². The van der Waals surface area contributed by atoms with Crippen molar-refractivity contribution in [1.82, 2.24) is 14.9 Å². The van der Waals surface area contributed by atoms with Crippen molar-refractivity contribution >= 4 is 34.4 Å². The standard InChI is InChI=1S/C18H17N3OS/c1-13(17-8-5-11-23-17)21(2)18(22)10-9-14-12-19-15-6-3-4-7-16(15)20-14/h3-13H,1-2H3/b10-9+/t13-/m1/s1. The molecule has 1 aromatic carbocycles. The second-order valence-electron chi connectivity index (χ2n) is 5.26. The Morgan fingerprint density at radius 2 is 2.00 bits per heavy atom. The highest BCUT2D eigenvalue weighted by Gasteiger charge is 2.15. The van der Waals surface area contributed by atoms with E-state index in [1.54, 1.807) is 34.6 Å². The van der Waals surface area contributed by atoms with E-state index >= 15 is 0 Å². The van der Waals surface area contributed by atoms with Crippen molar-refractivity contribution in [3.63, 3.8) is 0 Å². The van der Waals surface area contributed by atoms with Gasteiger partial charge in [-0.15, -0.1) is 11.3 Å². The van der Waals surface area contributed by atoms with E-state index in [9.17, 15) is 4.79 Å². The summed E-state index contributed by atoms with van der Waals surface area (Å²) in [6, 6.07) is 11.8. The highest BCUT2D eigenvalue weighted by Crippen LogP contribution is 2.23. The molecule has 0 N–H and O–H groups in total. The zero-order chi connectivity index (χ0) is 16.2. The minimum atomic E-state index is -0.0548. The number of likely N-dealkylation sites (N-methyl/N-ethyl adjacent to an activating group) is 1. The van der Waals surface area contributed by atoms with E-state index in [1.165, 1.54) is 4.88 Å². The van der Waals surface area contributed by atoms with Crippen molar-refractivity contribution in [1.29, 1.82) is 0 Å². The SMILES string of the molecule is C[C@H](c1cccs1)N(C)C(=O)/C=C/c1cnc2ccccc2n1. The summed E-state index contributed by atoms with van der Waals surface area (Å²) in [7, 11) is 1.81. The fraction of sp³-hybridized carbons (Fsp3) is 0.167. The Balaban J connectivity index is 1.74. The fourth-order valence-electron chi connectivity index (χ4n) is 2.24. The molecule has 0 saturated carbocycles. The van der Waals surface area contributed by atoms with E-state index < -0.39 is 0 Å². The van der Waals surface area contributed by atoms with Crippen LogP contribution in [0.1, 0.15) is 23.5 Å². The molecule has 4 nitrogen and oxygen atoms in total. The van der Waals surface area contributed by atoms with Gasteiger partial charge in [-0.1, -0.05) is 18.2 Å². The van der Waals surface area contributed by atoms with E-state index in [4.69, 9.17) is 0 Å². The van der Waals surface area contributed by atoms with Crippen LogP contribution in [-0.4, -0.2) is 27.8 Å². The summed E-state index contributed by atoms with van der Waals surface area (Å²) in [5.41, 5.74) is 2.34. The monoisotopic (exact) mass is 323 g/mol. The normalized spacial score (nSPS) is 12.6. The lowest BCUT2D eigenvalue weighted by atomic mass is 10.2. The number of hydrogen-bond donors (Lipinski definition) is 0. The lowest BCUT2D eigenvalue weighted by Crippen LogP contribution is -2.27. The number of rotatable bonds is 4. The van der Waals surface area contributed by atoms with Crippen LogP contribution in [0.2, 0.25) is 0 Å². The van der Waals surface area contributed by atoms with Gasteiger partial charge in [0.1, 0.15) is 0 Å². The van der Waals surface area contributed by atoms with E-state index in [1.807, 2.05) is 55.7 Å². The first-order valence-corrected chi connectivity index (χ1v) is 8.23. The number of fused-ring (bicyclic) bond motifs is 1. The molecular formula is C18H17N3OS. The molecule has 0 bridgehead atoms. The van der Waals surface area contributed by atoms with Gasteiger partial charge < -0.3 is 4.90 Å². The molecule has 1 amide bonds. The van der Waals surface area contributed by atoms with Gasteiger partial charge in [-0.25, -0.2) is 4.98 Å². The maximum absolute atomic E-state index is 12.3. The summed E-state index contributed by atoms with van der Waals surface area (Å²) in [6.07, 6.45) is 4.93. The number of thiophene rings is 1. The van der Waals surface area contributed by atoms with Gasteiger partial charge in [-0.3, -0.25) is 9.78 Å². The number of aromatic nitrogens is 2. The summed E-state index contributed by atoms with van der Waals surface area (Å²) in [5.74, 6) is -0.0548. The number of carbonyl (C=O) groups excluding carboxylic acids is 1. The third kappa shape index (κ3) is 3.46. The molecule has 116 valence electrons. The molecular weight excluding hydrogens is 306 g/mol. The molecule has 3 rings (SSSR count). The van der Waals surface area contributed by atoms with Gasteiger partial charge in [0.15, 0.2) is 0 Å². The van der Waals surface area contributed by atoms with Crippen LogP contribution in [0.4, 0.5) is 0 Å². The molecule has 0 aliphatic rings. The van der Waals surface area contributed by atoms with Crippen molar-refractivity contribution in [2.75, 3.05) is 7.05 Å². The Labute approximate surface area is 139 Å². The van der Waals surface area contributed by atoms with Crippen molar-refractivity contribution in [2.45, 2.75) is 13.0 Å². The second kappa shape index (κ2) is 6.71. The minimum Gasteiger partial charge on any atom is -0.335 e. The lowest BCUT2D eigenvalue weighted by Gasteiger charge is -2.22. The number of hydrogen-bond acceptors (Lipinski definition) is 4. The fourth-order valence-corrected chi connectivity index (χ4v) is 3.06. The predicted octanol–water partition coefficient (Wildman–Crippen LogP) is 3.92. The summed E-state index contributed by atoms with van der Waals surface area (Å²) < 4.78 is 0. The average Bonchev–Trinajstić information content (AvgIpc) is 3.12. The highest BCUT2D eigenvalue weighted by atomic mass is 32.1. The van der Waals surface area contributed by atoms with E-state index in [0.717, 1.165) is 11.0 Å². The van der Waals surface area contributed by atoms with Crippen LogP contribution in [0.15, 0.2) is 54.1 Å². The summed E-state index contributed by atoms with van der Waals surface area (Å²) >= 11 is 1.65. The first-order valence-electron chi connectivity index (χ1n) is 7.35. The molecule has 0 aliphatic heterocycles. The summed E-state index contributed by atoms with van der Waals surface area (Å²) in [4.78, 5) is 24.0. The first kappa shape index (κ1) is 15.4. The van der Waals surface area contributed by atoms with Gasteiger partial charge in [0.2, 0.25) is 5.91 Å². The largest absolute Gasteiger partial charge is 0.335 e. The van der Waals surface area contributed by atoms with Crippen LogP contribution in [-0.2, 0) is 4.79 Å². The molecule has 0 unspecified atom stereocenters. The molecule has 0 saturated heterocycles. The molecule has 0 fully saturated rings. The molecule has 1 atom stereocenters. The van der Waals surface area contributed by atoms with Crippen LogP contribution in [0.3, 0.4) is 0 Å². The molecule has 0 radical (unpaired) electrons. The number of amides is 1. The number of carbonyl (C=O) groups is 1. The van der Waals surface area contributed by atoms with Gasteiger partial charge in [-0.2, -0.15) is 0 Å². The van der Waals surface area contributed by atoms with Gasteiger partial charge in [-0.05, 0) is 36.6 Å². The van der Waals surface area contributed by atoms with Crippen LogP contribution in [0.25, 0.3) is 17.1 Å². The molecule has 0 spiro atoms. The van der Waals surface area contributed by atoms with E-state index in [2.05, 4.69) is 9.97 Å². The van der Waals surface area contributed by atoms with Gasteiger partial charge in [0.05, 0.1) is 29.0 Å². The van der Waals surface area contributed by atoms with Gasteiger partial charge in [0, 0.05) is 18.0 Å². The number of nitrogens with zero attached hydrogens (tertiary/aromatic N) is 3. The highest BCUT2D eigenvalue weighted by molar-refractivity contribution is 7.10. The van der Waals surface area contributed by atoms with Crippen molar-refractivity contribution in [2.24, 2.45) is 0 Å². The maximum atomic E-state index is 12.3. The lowest BCUT2D eigenvalue weighted by molar-refractivity contribution is -0.126. The molecule has 5 heteroatoms. The maximum Gasteiger partial charge on any atom is 0.246 e. The van der Waals surface area contributed by atoms with E-state index in [-0.39, 0.29) is 11.9 Å². The Hall–Kier alpha value is -2.53. The minimum absolute atomic E-state index is 0.0508.